The topological polar surface area (TPSA) is 121 Å². The number of carbonyl (C=O) groups excluding carboxylic acids is 3. The van der Waals surface area contributed by atoms with Gasteiger partial charge in [0.15, 0.2) is 12.2 Å². The van der Waals surface area contributed by atoms with Gasteiger partial charge in [-0.15, -0.1) is 0 Å². The highest BCUT2D eigenvalue weighted by Gasteiger charge is 2.46. The van der Waals surface area contributed by atoms with Crippen LogP contribution in [0.3, 0.4) is 0 Å². The second kappa shape index (κ2) is 12.6. The number of aryl methyl sites for hydroxylation is 1. The fourth-order valence-corrected chi connectivity index (χ4v) is 4.95. The second-order valence-electron chi connectivity index (χ2n) is 9.44. The van der Waals surface area contributed by atoms with Crippen molar-refractivity contribution in [2.45, 2.75) is 25.9 Å². The summed E-state index contributed by atoms with van der Waals surface area (Å²) in [5.41, 5.74) is 2.04. The lowest BCUT2D eigenvalue weighted by molar-refractivity contribution is -0.746. The molecule has 0 bridgehead atoms. The molecule has 1 saturated heterocycles. The highest BCUT2D eigenvalue weighted by atomic mass is 32.1. The van der Waals surface area contributed by atoms with E-state index in [1.54, 1.807) is 72.6 Å². The van der Waals surface area contributed by atoms with Gasteiger partial charge in [0.25, 0.3) is 17.5 Å². The monoisotopic (exact) mass is 585 g/mol. The largest absolute Gasteiger partial charge is 0.494 e. The minimum Gasteiger partial charge on any atom is -0.494 e. The number of carbonyl (C=O) groups is 3. The average Bonchev–Trinajstić information content (AvgIpc) is 3.45. The third-order valence-electron chi connectivity index (χ3n) is 6.65. The van der Waals surface area contributed by atoms with Crippen molar-refractivity contribution >= 4 is 52.3 Å². The Kier molecular flexibility index (Phi) is 8.53. The van der Waals surface area contributed by atoms with Crippen LogP contribution >= 0.6 is 12.2 Å². The molecule has 42 heavy (non-hydrogen) atoms. The van der Waals surface area contributed by atoms with Crippen LogP contribution in [0.4, 0.5) is 17.3 Å². The molecule has 0 radical (unpaired) electrons. The first-order chi connectivity index (χ1) is 20.4. The number of anilines is 3. The number of benzene rings is 3. The van der Waals surface area contributed by atoms with E-state index in [1.165, 1.54) is 9.58 Å². The Balaban J connectivity index is 1.43. The quantitative estimate of drug-likeness (QED) is 0.214. The molecule has 11 nitrogen and oxygen atoms in total. The van der Waals surface area contributed by atoms with E-state index in [0.717, 1.165) is 0 Å². The molecule has 1 aliphatic rings. The summed E-state index contributed by atoms with van der Waals surface area (Å²) in [6.07, 6.45) is -0.165. The highest BCUT2D eigenvalue weighted by molar-refractivity contribution is 7.80. The van der Waals surface area contributed by atoms with Gasteiger partial charge >= 0.3 is 5.88 Å². The molecule has 2 N–H and O–H groups in total. The maximum atomic E-state index is 13.9. The molecule has 1 unspecified atom stereocenters. The lowest BCUT2D eigenvalue weighted by atomic mass is 10.1. The van der Waals surface area contributed by atoms with Crippen molar-refractivity contribution in [1.29, 1.82) is 0 Å². The lowest BCUT2D eigenvalue weighted by Gasteiger charge is -2.22. The molecule has 3 aromatic carbocycles. The number of amides is 3. The Labute approximate surface area is 247 Å². The van der Waals surface area contributed by atoms with Crippen LogP contribution in [0.15, 0.2) is 89.5 Å². The number of nitrogens with zero attached hydrogens (tertiary/aromatic N) is 4. The zero-order valence-corrected chi connectivity index (χ0v) is 23.8. The molecule has 1 fully saturated rings. The molecule has 12 heteroatoms. The van der Waals surface area contributed by atoms with Crippen molar-refractivity contribution < 1.29 is 28.3 Å². The van der Waals surface area contributed by atoms with Crippen LogP contribution in [-0.2, 0) is 23.2 Å². The van der Waals surface area contributed by atoms with E-state index in [9.17, 15) is 14.4 Å². The van der Waals surface area contributed by atoms with Gasteiger partial charge in [-0.2, -0.15) is 0 Å². The number of ether oxygens (including phenoxy) is 1. The van der Waals surface area contributed by atoms with Gasteiger partial charge in [0.05, 0.1) is 18.7 Å². The van der Waals surface area contributed by atoms with Gasteiger partial charge in [-0.25, -0.2) is 0 Å². The number of thiocarbonyl (C=S) groups is 1. The minimum atomic E-state index is -0.930. The Bertz CT molecular complexity index is 1590. The van der Waals surface area contributed by atoms with Gasteiger partial charge in [0.2, 0.25) is 11.2 Å². The van der Waals surface area contributed by atoms with Crippen molar-refractivity contribution in [2.75, 3.05) is 22.1 Å². The normalized spacial score (nSPS) is 14.7. The third kappa shape index (κ3) is 6.13. The van der Waals surface area contributed by atoms with Crippen molar-refractivity contribution in [3.05, 3.63) is 96.2 Å². The number of aromatic nitrogens is 2. The predicted octanol–water partition coefficient (Wildman–Crippen LogP) is 3.68. The first-order valence-corrected chi connectivity index (χ1v) is 13.7. The molecule has 1 aromatic heterocycles. The summed E-state index contributed by atoms with van der Waals surface area (Å²) in [5.74, 6) is -0.337. The number of rotatable bonds is 10. The first-order valence-electron chi connectivity index (χ1n) is 13.3. The molecule has 214 valence electrons. The van der Waals surface area contributed by atoms with Crippen LogP contribution in [0.5, 0.6) is 5.75 Å². The smallest absolute Gasteiger partial charge is 0.307 e. The molecule has 1 aliphatic heterocycles. The second-order valence-corrected chi connectivity index (χ2v) is 9.80. The molecular weight excluding hydrogens is 556 g/mol. The zero-order valence-electron chi connectivity index (χ0n) is 23.0. The first kappa shape index (κ1) is 28.4. The Hall–Kier alpha value is -5.10. The molecule has 0 saturated carbocycles. The van der Waals surface area contributed by atoms with Crippen LogP contribution < -0.4 is 25.0 Å². The van der Waals surface area contributed by atoms with Crippen molar-refractivity contribution in [3.8, 4) is 5.75 Å². The molecule has 3 amide bonds. The van der Waals surface area contributed by atoms with E-state index in [2.05, 4.69) is 15.9 Å². The summed E-state index contributed by atoms with van der Waals surface area (Å²) < 4.78 is 12.4. The standard InChI is InChI=1S/C30H28N6O5S/c1-3-40-23-16-14-22(15-17-23)36-29(39)24(18-26(37)31-21-12-8-5-9-13-21)35(30(36)42)19-25-28(41-33-34(25)2)32-27(38)20-10-6-4-7-11-20/h4-17,24H,3,18-19H2,1-2H3,(H-,31,32,33,37,38)/p+1. The minimum absolute atomic E-state index is 0.0335. The average molecular weight is 586 g/mol. The molecule has 1 atom stereocenters. The number of nitrogens with one attached hydrogen (secondary N) is 2. The third-order valence-corrected chi connectivity index (χ3v) is 7.07. The van der Waals surface area contributed by atoms with Crippen LogP contribution in [0, 0.1) is 0 Å². The Morgan fingerprint density at radius 2 is 1.67 bits per heavy atom. The number of hydrogen-bond donors (Lipinski definition) is 2. The van der Waals surface area contributed by atoms with Crippen molar-refractivity contribution in [1.82, 2.24) is 10.2 Å². The van der Waals surface area contributed by atoms with E-state index in [0.29, 0.717) is 35.0 Å². The molecule has 0 spiro atoms. The number of para-hydroxylation sites is 1. The van der Waals surface area contributed by atoms with Crippen LogP contribution in [0.1, 0.15) is 29.4 Å². The summed E-state index contributed by atoms with van der Waals surface area (Å²) in [6, 6.07) is 23.7. The Morgan fingerprint density at radius 3 is 2.33 bits per heavy atom. The van der Waals surface area contributed by atoms with Crippen molar-refractivity contribution in [2.24, 2.45) is 7.05 Å². The van der Waals surface area contributed by atoms with E-state index >= 15 is 0 Å². The van der Waals surface area contributed by atoms with Crippen LogP contribution in [0.25, 0.3) is 0 Å². The molecule has 4 aromatic rings. The molecule has 5 rings (SSSR count). The summed E-state index contributed by atoms with van der Waals surface area (Å²) in [6.45, 7) is 2.43. The maximum absolute atomic E-state index is 13.9. The van der Waals surface area contributed by atoms with E-state index in [-0.39, 0.29) is 41.7 Å². The van der Waals surface area contributed by atoms with E-state index < -0.39 is 6.04 Å². The molecule has 2 heterocycles. The van der Waals surface area contributed by atoms with Gasteiger partial charge in [-0.05, 0) is 72.4 Å². The summed E-state index contributed by atoms with van der Waals surface area (Å²) in [5, 5.41) is 9.74. The molecular formula is C30H29N6O5S+. The summed E-state index contributed by atoms with van der Waals surface area (Å²) in [7, 11) is 1.65. The van der Waals surface area contributed by atoms with Gasteiger partial charge in [0, 0.05) is 11.3 Å². The summed E-state index contributed by atoms with van der Waals surface area (Å²) in [4.78, 5) is 42.9. The van der Waals surface area contributed by atoms with Gasteiger partial charge in [-0.3, -0.25) is 29.1 Å². The van der Waals surface area contributed by atoms with Gasteiger partial charge in [-0.1, -0.05) is 36.4 Å². The maximum Gasteiger partial charge on any atom is 0.307 e. The number of hydrogen-bond acceptors (Lipinski definition) is 7. The van der Waals surface area contributed by atoms with E-state index in [4.69, 9.17) is 21.5 Å². The van der Waals surface area contributed by atoms with Crippen molar-refractivity contribution in [3.63, 3.8) is 0 Å². The molecule has 0 aliphatic carbocycles. The highest BCUT2D eigenvalue weighted by Crippen LogP contribution is 2.31. The summed E-state index contributed by atoms with van der Waals surface area (Å²) >= 11 is 5.81. The van der Waals surface area contributed by atoms with E-state index in [1.807, 2.05) is 31.2 Å². The Morgan fingerprint density at radius 1 is 1.00 bits per heavy atom. The van der Waals surface area contributed by atoms with Crippen LogP contribution in [-0.4, -0.2) is 45.7 Å². The van der Waals surface area contributed by atoms with Gasteiger partial charge < -0.3 is 15.0 Å². The predicted molar refractivity (Wildman–Crippen MR) is 159 cm³/mol. The van der Waals surface area contributed by atoms with Crippen LogP contribution in [0.2, 0.25) is 0 Å². The fraction of sp³-hybridized carbons (Fsp3) is 0.200. The fourth-order valence-electron chi connectivity index (χ4n) is 4.56. The SMILES string of the molecule is CCOc1ccc(N2C(=O)C(CC(=O)Nc3ccccc3)N(Cc3c(NC(=O)c4ccccc4)on[n+]3C)C2=S)cc1. The zero-order chi connectivity index (χ0) is 29.6. The van der Waals surface area contributed by atoms with Gasteiger partial charge in [0.1, 0.15) is 18.3 Å². The lowest BCUT2D eigenvalue weighted by Crippen LogP contribution is -2.43.